The van der Waals surface area contributed by atoms with Crippen molar-refractivity contribution in [3.63, 3.8) is 0 Å². The van der Waals surface area contributed by atoms with Crippen molar-refractivity contribution in [3.05, 3.63) is 77.7 Å². The number of benzene rings is 1. The second-order valence-corrected chi connectivity index (χ2v) is 5.73. The predicted octanol–water partition coefficient (Wildman–Crippen LogP) is 3.67. The number of hydrogen-bond donors (Lipinski definition) is 1. The molecule has 1 amide bonds. The zero-order valence-electron chi connectivity index (χ0n) is 13.6. The van der Waals surface area contributed by atoms with Crippen LogP contribution in [0.1, 0.15) is 28.8 Å². The number of rotatable bonds is 4. The summed E-state index contributed by atoms with van der Waals surface area (Å²) in [6.07, 6.45) is 14.2. The standard InChI is InChI=1S/C19H20N4O/c1-15-9-11-17(12-10-15)18(24)21-19-20-14-23(22-19)13-16-7-5-3-2-4-6-8-16/h2-3,5,7-12,14H,4,6,13H2,1H3,(H,21,22,24)/b3-2+,7-5-,16-8+. The number of aromatic nitrogens is 3. The van der Waals surface area contributed by atoms with Crippen LogP contribution in [0.4, 0.5) is 5.95 Å². The van der Waals surface area contributed by atoms with Gasteiger partial charge in [-0.25, -0.2) is 9.67 Å². The first-order valence-corrected chi connectivity index (χ1v) is 8.00. The summed E-state index contributed by atoms with van der Waals surface area (Å²) in [5.74, 6) is 0.110. The Morgan fingerprint density at radius 3 is 2.88 bits per heavy atom. The van der Waals surface area contributed by atoms with Gasteiger partial charge in [-0.3, -0.25) is 10.1 Å². The van der Waals surface area contributed by atoms with E-state index in [4.69, 9.17) is 0 Å². The van der Waals surface area contributed by atoms with E-state index in [0.29, 0.717) is 18.1 Å². The third-order valence-electron chi connectivity index (χ3n) is 3.72. The molecule has 0 aliphatic heterocycles. The van der Waals surface area contributed by atoms with Crippen LogP contribution in [0.25, 0.3) is 0 Å². The second-order valence-electron chi connectivity index (χ2n) is 5.73. The van der Waals surface area contributed by atoms with Crippen molar-refractivity contribution < 1.29 is 4.79 Å². The van der Waals surface area contributed by atoms with Crippen LogP contribution in [-0.4, -0.2) is 20.7 Å². The number of nitrogens with one attached hydrogen (secondary N) is 1. The summed E-state index contributed by atoms with van der Waals surface area (Å²) in [7, 11) is 0. The number of hydrogen-bond acceptors (Lipinski definition) is 3. The van der Waals surface area contributed by atoms with Gasteiger partial charge in [0.15, 0.2) is 0 Å². The number of nitrogens with zero attached hydrogens (tertiary/aromatic N) is 3. The summed E-state index contributed by atoms with van der Waals surface area (Å²) in [6, 6.07) is 7.39. The Morgan fingerprint density at radius 1 is 1.21 bits per heavy atom. The minimum Gasteiger partial charge on any atom is -0.289 e. The maximum absolute atomic E-state index is 12.2. The van der Waals surface area contributed by atoms with Gasteiger partial charge in [0.25, 0.3) is 5.91 Å². The normalized spacial score (nSPS) is 18.8. The number of allylic oxidation sites excluding steroid dienone is 6. The van der Waals surface area contributed by atoms with Gasteiger partial charge in [-0.1, -0.05) is 48.1 Å². The Bertz CT molecular complexity index is 797. The fourth-order valence-corrected chi connectivity index (χ4v) is 2.40. The van der Waals surface area contributed by atoms with E-state index < -0.39 is 0 Å². The summed E-state index contributed by atoms with van der Waals surface area (Å²) < 4.78 is 1.73. The zero-order chi connectivity index (χ0) is 16.8. The van der Waals surface area contributed by atoms with Gasteiger partial charge < -0.3 is 0 Å². The monoisotopic (exact) mass is 320 g/mol. The van der Waals surface area contributed by atoms with Crippen LogP contribution >= 0.6 is 0 Å². The molecule has 0 saturated heterocycles. The van der Waals surface area contributed by atoms with Crippen LogP contribution in [0, 0.1) is 6.92 Å². The fraction of sp³-hybridized carbons (Fsp3) is 0.211. The van der Waals surface area contributed by atoms with Gasteiger partial charge in [0.1, 0.15) is 6.33 Å². The molecule has 24 heavy (non-hydrogen) atoms. The van der Waals surface area contributed by atoms with Crippen molar-refractivity contribution in [2.24, 2.45) is 0 Å². The summed E-state index contributed by atoms with van der Waals surface area (Å²) in [6.45, 7) is 2.62. The molecule has 5 heteroatoms. The first kappa shape index (κ1) is 15.9. The van der Waals surface area contributed by atoms with E-state index in [-0.39, 0.29) is 5.91 Å². The van der Waals surface area contributed by atoms with Gasteiger partial charge in [0.05, 0.1) is 6.54 Å². The predicted molar refractivity (Wildman–Crippen MR) is 94.8 cm³/mol. The van der Waals surface area contributed by atoms with Gasteiger partial charge >= 0.3 is 0 Å². The Kier molecular flexibility index (Phi) is 5.01. The Balaban J connectivity index is 1.64. The van der Waals surface area contributed by atoms with E-state index >= 15 is 0 Å². The molecule has 0 unspecified atom stereocenters. The Hall–Kier alpha value is -2.95. The maximum Gasteiger partial charge on any atom is 0.258 e. The average molecular weight is 320 g/mol. The third kappa shape index (κ3) is 4.29. The number of carbonyl (C=O) groups excluding carboxylic acids is 1. The highest BCUT2D eigenvalue weighted by Crippen LogP contribution is 2.10. The number of amides is 1. The first-order chi connectivity index (χ1) is 11.7. The molecule has 1 aromatic heterocycles. The quantitative estimate of drug-likeness (QED) is 0.935. The summed E-state index contributed by atoms with van der Waals surface area (Å²) in [5, 5.41) is 7.05. The largest absolute Gasteiger partial charge is 0.289 e. The molecule has 5 nitrogen and oxygen atoms in total. The topological polar surface area (TPSA) is 59.8 Å². The number of anilines is 1. The molecule has 2 aromatic rings. The molecule has 122 valence electrons. The smallest absolute Gasteiger partial charge is 0.258 e. The molecule has 1 aromatic carbocycles. The fourth-order valence-electron chi connectivity index (χ4n) is 2.40. The molecule has 1 N–H and O–H groups in total. The molecule has 0 bridgehead atoms. The van der Waals surface area contributed by atoms with E-state index in [2.05, 4.69) is 39.7 Å². The third-order valence-corrected chi connectivity index (χ3v) is 3.72. The van der Waals surface area contributed by atoms with Crippen molar-refractivity contribution in [2.45, 2.75) is 26.3 Å². The molecule has 0 spiro atoms. The molecule has 1 heterocycles. The van der Waals surface area contributed by atoms with Crippen LogP contribution in [0.2, 0.25) is 0 Å². The highest BCUT2D eigenvalue weighted by atomic mass is 16.1. The van der Waals surface area contributed by atoms with Crippen LogP contribution in [0.15, 0.2) is 66.5 Å². The molecule has 3 rings (SSSR count). The highest BCUT2D eigenvalue weighted by Gasteiger charge is 2.09. The zero-order valence-corrected chi connectivity index (χ0v) is 13.6. The van der Waals surface area contributed by atoms with Crippen LogP contribution in [0.3, 0.4) is 0 Å². The second kappa shape index (κ2) is 7.55. The van der Waals surface area contributed by atoms with E-state index in [1.807, 2.05) is 25.1 Å². The van der Waals surface area contributed by atoms with Gasteiger partial charge in [-0.2, -0.15) is 0 Å². The lowest BCUT2D eigenvalue weighted by Crippen LogP contribution is -2.13. The maximum atomic E-state index is 12.2. The van der Waals surface area contributed by atoms with E-state index in [1.54, 1.807) is 23.1 Å². The Morgan fingerprint density at radius 2 is 2.04 bits per heavy atom. The van der Waals surface area contributed by atoms with E-state index in [1.165, 1.54) is 5.57 Å². The van der Waals surface area contributed by atoms with Crippen molar-refractivity contribution in [1.82, 2.24) is 14.8 Å². The van der Waals surface area contributed by atoms with Crippen LogP contribution in [0.5, 0.6) is 0 Å². The number of aryl methyl sites for hydroxylation is 1. The molecule has 0 radical (unpaired) electrons. The minimum atomic E-state index is -0.206. The molecule has 0 fully saturated rings. The van der Waals surface area contributed by atoms with E-state index in [0.717, 1.165) is 18.4 Å². The first-order valence-electron chi connectivity index (χ1n) is 8.00. The van der Waals surface area contributed by atoms with Crippen LogP contribution in [-0.2, 0) is 6.54 Å². The van der Waals surface area contributed by atoms with Crippen molar-refractivity contribution >= 4 is 11.9 Å². The molecular formula is C19H20N4O. The molecule has 0 atom stereocenters. The Labute approximate surface area is 141 Å². The molecule has 1 aliphatic carbocycles. The molecular weight excluding hydrogens is 300 g/mol. The number of carbonyl (C=O) groups is 1. The highest BCUT2D eigenvalue weighted by molar-refractivity contribution is 6.03. The molecule has 1 aliphatic rings. The lowest BCUT2D eigenvalue weighted by Gasteiger charge is -2.04. The van der Waals surface area contributed by atoms with Crippen LogP contribution < -0.4 is 5.32 Å². The van der Waals surface area contributed by atoms with Gasteiger partial charge in [-0.15, -0.1) is 5.10 Å². The SMILES string of the molecule is Cc1ccc(C(=O)Nc2ncn(CC3=C/CC/C=C/C=C\3)n2)cc1. The average Bonchev–Trinajstić information content (AvgIpc) is 2.97. The van der Waals surface area contributed by atoms with Gasteiger partial charge in [0, 0.05) is 5.56 Å². The lowest BCUT2D eigenvalue weighted by molar-refractivity contribution is 0.102. The van der Waals surface area contributed by atoms with Crippen molar-refractivity contribution in [3.8, 4) is 0 Å². The summed E-state index contributed by atoms with van der Waals surface area (Å²) in [5.41, 5.74) is 2.89. The summed E-state index contributed by atoms with van der Waals surface area (Å²) >= 11 is 0. The molecule has 0 saturated carbocycles. The van der Waals surface area contributed by atoms with Crippen molar-refractivity contribution in [1.29, 1.82) is 0 Å². The van der Waals surface area contributed by atoms with Gasteiger partial charge in [0.2, 0.25) is 5.95 Å². The summed E-state index contributed by atoms with van der Waals surface area (Å²) in [4.78, 5) is 16.3. The van der Waals surface area contributed by atoms with Crippen molar-refractivity contribution in [2.75, 3.05) is 5.32 Å². The minimum absolute atomic E-state index is 0.206. The lowest BCUT2D eigenvalue weighted by atomic mass is 10.1. The van der Waals surface area contributed by atoms with Gasteiger partial charge in [-0.05, 0) is 37.5 Å². The van der Waals surface area contributed by atoms with E-state index in [9.17, 15) is 4.79 Å².